The Morgan fingerprint density at radius 3 is 2.65 bits per heavy atom. The highest BCUT2D eigenvalue weighted by Gasteiger charge is 2.20. The molecule has 0 bridgehead atoms. The van der Waals surface area contributed by atoms with Crippen molar-refractivity contribution in [2.24, 2.45) is 4.99 Å². The number of nitrogens with zero attached hydrogens (tertiary/aromatic N) is 1. The molecule has 1 aliphatic heterocycles. The summed E-state index contributed by atoms with van der Waals surface area (Å²) in [5, 5.41) is 3.67. The number of ether oxygens (including phenoxy) is 1. The summed E-state index contributed by atoms with van der Waals surface area (Å²) in [6.07, 6.45) is 1.61. The molecule has 2 aromatic carbocycles. The van der Waals surface area contributed by atoms with Gasteiger partial charge in [-0.1, -0.05) is 47.5 Å². The zero-order valence-electron chi connectivity index (χ0n) is 11.9. The first-order valence-corrected chi connectivity index (χ1v) is 7.61. The van der Waals surface area contributed by atoms with Gasteiger partial charge in [0.25, 0.3) is 5.91 Å². The van der Waals surface area contributed by atoms with Crippen molar-refractivity contribution in [1.82, 2.24) is 5.32 Å². The predicted molar refractivity (Wildman–Crippen MR) is 92.0 cm³/mol. The van der Waals surface area contributed by atoms with E-state index in [1.54, 1.807) is 24.3 Å². The second-order valence-corrected chi connectivity index (χ2v) is 5.65. The van der Waals surface area contributed by atoms with E-state index in [1.165, 1.54) is 0 Å². The van der Waals surface area contributed by atoms with Crippen molar-refractivity contribution in [3.05, 3.63) is 69.8 Å². The van der Waals surface area contributed by atoms with Crippen LogP contribution in [0, 0.1) is 0 Å². The maximum Gasteiger partial charge on any atom is 0.275 e. The summed E-state index contributed by atoms with van der Waals surface area (Å²) in [5.74, 6) is 0.875. The molecule has 0 fully saturated rings. The average molecular weight is 347 g/mol. The number of amides is 1. The van der Waals surface area contributed by atoms with Gasteiger partial charge in [0, 0.05) is 10.0 Å². The Bertz CT molecular complexity index is 801. The maximum atomic E-state index is 12.0. The Labute approximate surface area is 143 Å². The van der Waals surface area contributed by atoms with E-state index >= 15 is 0 Å². The summed E-state index contributed by atoms with van der Waals surface area (Å²) in [5.41, 5.74) is 0.955. The van der Waals surface area contributed by atoms with Crippen LogP contribution in [0.1, 0.15) is 5.56 Å². The summed E-state index contributed by atoms with van der Waals surface area (Å²) >= 11 is 12.0. The molecule has 23 heavy (non-hydrogen) atoms. The SMILES string of the molecule is O=C1NC(COc2ccccc2)=N/C1=C\c1ccc(Cl)cc1Cl. The molecule has 0 radical (unpaired) electrons. The van der Waals surface area contributed by atoms with Crippen LogP contribution in [0.3, 0.4) is 0 Å². The number of benzene rings is 2. The van der Waals surface area contributed by atoms with Crippen molar-refractivity contribution >= 4 is 41.0 Å². The Balaban J connectivity index is 1.74. The normalized spacial score (nSPS) is 15.5. The lowest BCUT2D eigenvalue weighted by molar-refractivity contribution is -0.115. The van der Waals surface area contributed by atoms with Crippen LogP contribution in [-0.4, -0.2) is 18.3 Å². The van der Waals surface area contributed by atoms with Crippen LogP contribution >= 0.6 is 23.2 Å². The topological polar surface area (TPSA) is 50.7 Å². The van der Waals surface area contributed by atoms with E-state index in [9.17, 15) is 4.79 Å². The van der Waals surface area contributed by atoms with Gasteiger partial charge in [-0.05, 0) is 35.9 Å². The molecule has 2 aromatic rings. The van der Waals surface area contributed by atoms with Crippen molar-refractivity contribution in [2.75, 3.05) is 6.61 Å². The van der Waals surface area contributed by atoms with Gasteiger partial charge in [0.15, 0.2) is 0 Å². The molecule has 1 N–H and O–H groups in total. The number of rotatable bonds is 4. The second kappa shape index (κ2) is 6.86. The van der Waals surface area contributed by atoms with Gasteiger partial charge in [0.2, 0.25) is 0 Å². The quantitative estimate of drug-likeness (QED) is 0.852. The van der Waals surface area contributed by atoms with Crippen LogP contribution in [0.25, 0.3) is 6.08 Å². The highest BCUT2D eigenvalue weighted by Crippen LogP contribution is 2.24. The number of amidine groups is 1. The molecule has 0 unspecified atom stereocenters. The highest BCUT2D eigenvalue weighted by molar-refractivity contribution is 6.35. The summed E-state index contributed by atoms with van der Waals surface area (Å²) in [6, 6.07) is 14.4. The zero-order valence-corrected chi connectivity index (χ0v) is 13.4. The smallest absolute Gasteiger partial charge is 0.275 e. The Hall–Kier alpha value is -2.30. The second-order valence-electron chi connectivity index (χ2n) is 4.81. The zero-order chi connectivity index (χ0) is 16.2. The molecule has 116 valence electrons. The van der Waals surface area contributed by atoms with Crippen LogP contribution in [0.15, 0.2) is 59.2 Å². The van der Waals surface area contributed by atoms with Crippen molar-refractivity contribution in [1.29, 1.82) is 0 Å². The Morgan fingerprint density at radius 2 is 1.91 bits per heavy atom. The number of carbonyl (C=O) groups is 1. The highest BCUT2D eigenvalue weighted by atomic mass is 35.5. The van der Waals surface area contributed by atoms with Gasteiger partial charge >= 0.3 is 0 Å². The first-order valence-electron chi connectivity index (χ1n) is 6.85. The first-order chi connectivity index (χ1) is 11.1. The number of carbonyl (C=O) groups excluding carboxylic acids is 1. The van der Waals surface area contributed by atoms with Crippen LogP contribution in [0.5, 0.6) is 5.75 Å². The molecule has 4 nitrogen and oxygen atoms in total. The molecule has 1 amide bonds. The van der Waals surface area contributed by atoms with Gasteiger partial charge in [-0.15, -0.1) is 0 Å². The third-order valence-electron chi connectivity index (χ3n) is 3.12. The average Bonchev–Trinajstić information content (AvgIpc) is 2.89. The molecule has 1 heterocycles. The van der Waals surface area contributed by atoms with Crippen molar-refractivity contribution in [3.8, 4) is 5.75 Å². The molecular formula is C17H12Cl2N2O2. The fourth-order valence-corrected chi connectivity index (χ4v) is 2.48. The Kier molecular flexibility index (Phi) is 4.65. The molecule has 3 rings (SSSR count). The minimum atomic E-state index is -0.289. The number of hydrogen-bond donors (Lipinski definition) is 1. The minimum Gasteiger partial charge on any atom is -0.486 e. The number of hydrogen-bond acceptors (Lipinski definition) is 3. The van der Waals surface area contributed by atoms with Crippen LogP contribution < -0.4 is 10.1 Å². The lowest BCUT2D eigenvalue weighted by atomic mass is 10.2. The number of para-hydroxylation sites is 1. The van der Waals surface area contributed by atoms with E-state index in [2.05, 4.69) is 10.3 Å². The van der Waals surface area contributed by atoms with Gasteiger partial charge in [0.05, 0.1) is 0 Å². The summed E-state index contributed by atoms with van der Waals surface area (Å²) < 4.78 is 5.56. The third kappa shape index (κ3) is 3.92. The first kappa shape index (κ1) is 15.6. The van der Waals surface area contributed by atoms with Crippen molar-refractivity contribution < 1.29 is 9.53 Å². The fourth-order valence-electron chi connectivity index (χ4n) is 2.02. The fraction of sp³-hybridized carbons (Fsp3) is 0.0588. The number of nitrogens with one attached hydrogen (secondary N) is 1. The Morgan fingerprint density at radius 1 is 1.13 bits per heavy atom. The molecular weight excluding hydrogens is 335 g/mol. The van der Waals surface area contributed by atoms with E-state index in [1.807, 2.05) is 30.3 Å². The van der Waals surface area contributed by atoms with E-state index in [4.69, 9.17) is 27.9 Å². The predicted octanol–water partition coefficient (Wildman–Crippen LogP) is 3.94. The molecule has 0 spiro atoms. The van der Waals surface area contributed by atoms with Gasteiger partial charge in [-0.2, -0.15) is 0 Å². The largest absolute Gasteiger partial charge is 0.486 e. The van der Waals surface area contributed by atoms with Crippen molar-refractivity contribution in [2.45, 2.75) is 0 Å². The monoisotopic (exact) mass is 346 g/mol. The van der Waals surface area contributed by atoms with E-state index < -0.39 is 0 Å². The molecule has 0 aromatic heterocycles. The molecule has 1 aliphatic rings. The summed E-state index contributed by atoms with van der Waals surface area (Å²) in [4.78, 5) is 16.2. The van der Waals surface area contributed by atoms with Gasteiger partial charge < -0.3 is 10.1 Å². The molecule has 0 saturated carbocycles. The van der Waals surface area contributed by atoms with Crippen molar-refractivity contribution in [3.63, 3.8) is 0 Å². The lowest BCUT2D eigenvalue weighted by Gasteiger charge is -2.04. The lowest BCUT2D eigenvalue weighted by Crippen LogP contribution is -2.28. The molecule has 0 saturated heterocycles. The number of aliphatic imine (C=N–C) groups is 1. The van der Waals surface area contributed by atoms with Gasteiger partial charge in [-0.25, -0.2) is 4.99 Å². The minimum absolute atomic E-state index is 0.182. The number of halogens is 2. The maximum absolute atomic E-state index is 12.0. The van der Waals surface area contributed by atoms with Crippen LogP contribution in [-0.2, 0) is 4.79 Å². The third-order valence-corrected chi connectivity index (χ3v) is 3.68. The van der Waals surface area contributed by atoms with Gasteiger partial charge in [0.1, 0.15) is 23.9 Å². The van der Waals surface area contributed by atoms with Crippen LogP contribution in [0.4, 0.5) is 0 Å². The molecule has 0 atom stereocenters. The summed E-state index contributed by atoms with van der Waals surface area (Å²) in [6.45, 7) is 0.182. The van der Waals surface area contributed by atoms with Gasteiger partial charge in [-0.3, -0.25) is 4.79 Å². The van der Waals surface area contributed by atoms with Crippen LogP contribution in [0.2, 0.25) is 10.0 Å². The van der Waals surface area contributed by atoms with E-state index in [0.29, 0.717) is 27.2 Å². The summed E-state index contributed by atoms with van der Waals surface area (Å²) in [7, 11) is 0. The van der Waals surface area contributed by atoms with E-state index in [0.717, 1.165) is 0 Å². The molecule has 0 aliphatic carbocycles. The van der Waals surface area contributed by atoms with E-state index in [-0.39, 0.29) is 18.2 Å². The molecule has 6 heteroatoms. The standard InChI is InChI=1S/C17H12Cl2N2O2/c18-12-7-6-11(14(19)9-12)8-15-17(22)21-16(20-15)10-23-13-4-2-1-3-5-13/h1-9H,10H2,(H,20,21,22)/b15-8-.